The number of rotatable bonds is 4. The second kappa shape index (κ2) is 6.15. The minimum atomic E-state index is -0.00688. The van der Waals surface area contributed by atoms with Crippen LogP contribution in [-0.2, 0) is 4.75 Å². The van der Waals surface area contributed by atoms with Crippen molar-refractivity contribution in [2.24, 2.45) is 0 Å². The maximum atomic E-state index is 4.11. The summed E-state index contributed by atoms with van der Waals surface area (Å²) in [5.41, 5.74) is 1.31. The van der Waals surface area contributed by atoms with E-state index in [0.717, 1.165) is 10.4 Å². The van der Waals surface area contributed by atoms with E-state index in [2.05, 4.69) is 57.3 Å². The number of hydrogen-bond acceptors (Lipinski definition) is 1. The molecule has 0 nitrogen and oxygen atoms in total. The molecule has 0 aliphatic heterocycles. The van der Waals surface area contributed by atoms with Crippen LogP contribution < -0.4 is 10.4 Å². The van der Waals surface area contributed by atoms with Crippen LogP contribution in [0.25, 0.3) is 11.5 Å². The average molecular weight is 280 g/mol. The molecule has 0 unspecified atom stereocenters. The van der Waals surface area contributed by atoms with Gasteiger partial charge in [-0.1, -0.05) is 73.8 Å². The van der Waals surface area contributed by atoms with Crippen molar-refractivity contribution in [2.45, 2.75) is 18.6 Å². The van der Waals surface area contributed by atoms with Crippen molar-refractivity contribution in [1.29, 1.82) is 0 Å². The fraction of sp³-hybridized carbons (Fsp3) is 0.158. The van der Waals surface area contributed by atoms with E-state index < -0.39 is 0 Å². The highest BCUT2D eigenvalue weighted by molar-refractivity contribution is 8.09. The highest BCUT2D eigenvalue weighted by atomic mass is 32.2. The van der Waals surface area contributed by atoms with Gasteiger partial charge < -0.3 is 0 Å². The van der Waals surface area contributed by atoms with Gasteiger partial charge in [-0.15, -0.1) is 11.8 Å². The first-order valence-corrected chi connectivity index (χ1v) is 7.51. The third kappa shape index (κ3) is 3.23. The lowest BCUT2D eigenvalue weighted by atomic mass is 10.0. The van der Waals surface area contributed by atoms with Crippen LogP contribution in [0.4, 0.5) is 0 Å². The fourth-order valence-corrected chi connectivity index (χ4v) is 3.34. The van der Waals surface area contributed by atoms with Gasteiger partial charge in [-0.2, -0.15) is 0 Å². The zero-order valence-corrected chi connectivity index (χ0v) is 12.9. The van der Waals surface area contributed by atoms with Crippen molar-refractivity contribution < 1.29 is 0 Å². The normalized spacial score (nSPS) is 12.9. The van der Waals surface area contributed by atoms with Gasteiger partial charge in [-0.25, -0.2) is 0 Å². The molecule has 0 radical (unpaired) electrons. The molecule has 0 saturated heterocycles. The highest BCUT2D eigenvalue weighted by Gasteiger charge is 2.22. The zero-order chi connectivity index (χ0) is 14.6. The molecule has 0 spiro atoms. The van der Waals surface area contributed by atoms with E-state index >= 15 is 0 Å². The summed E-state index contributed by atoms with van der Waals surface area (Å²) < 4.78 is -0.00688. The minimum Gasteiger partial charge on any atom is -0.114 e. The van der Waals surface area contributed by atoms with Crippen LogP contribution in [0.15, 0.2) is 67.3 Å². The lowest BCUT2D eigenvalue weighted by Gasteiger charge is -2.25. The molecular formula is C19H20S. The monoisotopic (exact) mass is 280 g/mol. The van der Waals surface area contributed by atoms with Gasteiger partial charge in [-0.3, -0.25) is 0 Å². The Kier molecular flexibility index (Phi) is 4.51. The number of hydrogen-bond donors (Lipinski definition) is 0. The molecule has 1 heteroatoms. The summed E-state index contributed by atoms with van der Waals surface area (Å²) in [5.74, 6) is 0. The van der Waals surface area contributed by atoms with E-state index in [4.69, 9.17) is 0 Å². The number of benzene rings is 2. The van der Waals surface area contributed by atoms with E-state index in [1.54, 1.807) is 0 Å². The molecule has 0 amide bonds. The Balaban J connectivity index is 2.47. The lowest BCUT2D eigenvalue weighted by molar-refractivity contribution is 0.787. The molecule has 0 aliphatic rings. The highest BCUT2D eigenvalue weighted by Crippen LogP contribution is 2.40. The first-order chi connectivity index (χ1) is 9.54. The van der Waals surface area contributed by atoms with Gasteiger partial charge >= 0.3 is 0 Å². The van der Waals surface area contributed by atoms with E-state index in [9.17, 15) is 0 Å². The van der Waals surface area contributed by atoms with Gasteiger partial charge in [0.1, 0.15) is 0 Å². The summed E-state index contributed by atoms with van der Waals surface area (Å²) in [6.07, 6.45) is 1.93. The zero-order valence-electron chi connectivity index (χ0n) is 12.1. The molecule has 0 aromatic heterocycles. The smallest absolute Gasteiger partial charge is 0.0399 e. The maximum Gasteiger partial charge on any atom is 0.0399 e. The molecule has 0 aliphatic carbocycles. The summed E-state index contributed by atoms with van der Waals surface area (Å²) >= 11 is 1.83. The van der Waals surface area contributed by atoms with Crippen LogP contribution >= 0.6 is 11.8 Å². The molecule has 2 rings (SSSR count). The third-order valence-corrected chi connectivity index (χ3v) is 4.65. The van der Waals surface area contributed by atoms with Crippen molar-refractivity contribution in [3.8, 4) is 0 Å². The Hall–Kier alpha value is -1.73. The van der Waals surface area contributed by atoms with Crippen LogP contribution in [0.5, 0.6) is 0 Å². The molecule has 0 saturated carbocycles. The van der Waals surface area contributed by atoms with Crippen LogP contribution in [0.1, 0.15) is 19.4 Å². The first kappa shape index (κ1) is 14.7. The van der Waals surface area contributed by atoms with E-state index in [1.165, 1.54) is 10.5 Å². The summed E-state index contributed by atoms with van der Waals surface area (Å²) in [5, 5.41) is 2.20. The van der Waals surface area contributed by atoms with Crippen molar-refractivity contribution in [1.82, 2.24) is 0 Å². The van der Waals surface area contributed by atoms with E-state index in [0.29, 0.717) is 0 Å². The van der Waals surface area contributed by atoms with Gasteiger partial charge in [0.25, 0.3) is 0 Å². The molecule has 2 aromatic rings. The molecule has 0 atom stereocenters. The minimum absolute atomic E-state index is 0.00688. The Morgan fingerprint density at radius 2 is 1.60 bits per heavy atom. The summed E-state index contributed by atoms with van der Waals surface area (Å²) in [4.78, 5) is 1.17. The molecule has 0 bridgehead atoms. The average Bonchev–Trinajstić information content (AvgIpc) is 2.46. The lowest BCUT2D eigenvalue weighted by Crippen LogP contribution is -2.25. The fourth-order valence-electron chi connectivity index (χ4n) is 2.14. The topological polar surface area (TPSA) is 0 Å². The molecule has 102 valence electrons. The quantitative estimate of drug-likeness (QED) is 0.814. The van der Waals surface area contributed by atoms with Gasteiger partial charge in [0.15, 0.2) is 0 Å². The van der Waals surface area contributed by atoms with Crippen molar-refractivity contribution >= 4 is 23.2 Å². The molecule has 2 aromatic carbocycles. The maximum absolute atomic E-state index is 4.11. The van der Waals surface area contributed by atoms with E-state index in [-0.39, 0.29) is 4.75 Å². The molecule has 0 heterocycles. The van der Waals surface area contributed by atoms with Crippen LogP contribution in [0, 0.1) is 0 Å². The van der Waals surface area contributed by atoms with Gasteiger partial charge in [0.2, 0.25) is 0 Å². The summed E-state index contributed by atoms with van der Waals surface area (Å²) in [6.45, 7) is 12.6. The summed E-state index contributed by atoms with van der Waals surface area (Å²) in [6, 6.07) is 18.8. The van der Waals surface area contributed by atoms with Crippen LogP contribution in [0.2, 0.25) is 0 Å². The Bertz CT molecular complexity index is 696. The Morgan fingerprint density at radius 1 is 1.00 bits per heavy atom. The standard InChI is InChI=1S/C19H20S/c1-5-18(17-14-10-9-11-15(17)2)20-19(3,4)16-12-7-6-8-13-16/h5-14H,1-2H2,3-4H3/b18-17+. The SMILES string of the molecule is C=C/C(SC(C)(C)c1ccccc1)=c1/ccccc1=C. The van der Waals surface area contributed by atoms with Gasteiger partial charge in [0.05, 0.1) is 0 Å². The second-order valence-corrected chi connectivity index (χ2v) is 6.87. The van der Waals surface area contributed by atoms with E-state index in [1.807, 2.05) is 42.1 Å². The number of thioether (sulfide) groups is 1. The predicted octanol–water partition coefficient (Wildman–Crippen LogP) is 4.06. The Morgan fingerprint density at radius 3 is 2.20 bits per heavy atom. The van der Waals surface area contributed by atoms with Gasteiger partial charge in [0, 0.05) is 9.65 Å². The van der Waals surface area contributed by atoms with Crippen LogP contribution in [-0.4, -0.2) is 0 Å². The first-order valence-electron chi connectivity index (χ1n) is 6.70. The summed E-state index contributed by atoms with van der Waals surface area (Å²) in [7, 11) is 0. The predicted molar refractivity (Wildman–Crippen MR) is 91.9 cm³/mol. The van der Waals surface area contributed by atoms with Crippen molar-refractivity contribution in [2.75, 3.05) is 0 Å². The second-order valence-electron chi connectivity index (χ2n) is 5.20. The largest absolute Gasteiger partial charge is 0.114 e. The molecule has 0 fully saturated rings. The van der Waals surface area contributed by atoms with Crippen LogP contribution in [0.3, 0.4) is 0 Å². The molecule has 0 N–H and O–H groups in total. The van der Waals surface area contributed by atoms with Crippen molar-refractivity contribution in [3.05, 3.63) is 83.3 Å². The van der Waals surface area contributed by atoms with Gasteiger partial charge in [-0.05, 0) is 29.8 Å². The third-order valence-electron chi connectivity index (χ3n) is 3.30. The molecular weight excluding hydrogens is 260 g/mol. The molecule has 20 heavy (non-hydrogen) atoms. The van der Waals surface area contributed by atoms with Crippen molar-refractivity contribution in [3.63, 3.8) is 0 Å². The Labute approximate surface area is 125 Å².